The van der Waals surface area contributed by atoms with Crippen LogP contribution in [0.2, 0.25) is 0 Å². The number of rotatable bonds is 7. The first kappa shape index (κ1) is 17.4. The largest absolute Gasteiger partial charge is 0.492 e. The summed E-state index contributed by atoms with van der Waals surface area (Å²) in [5.41, 5.74) is 5.20. The maximum absolute atomic E-state index is 13.0. The normalized spacial score (nSPS) is 14.3. The predicted molar refractivity (Wildman–Crippen MR) is 76.7 cm³/mol. The van der Waals surface area contributed by atoms with Gasteiger partial charge in [0.2, 0.25) is 0 Å². The minimum atomic E-state index is -0.906. The fraction of sp³-hybridized carbons (Fsp3) is 0.467. The fourth-order valence-electron chi connectivity index (χ4n) is 1.48. The van der Waals surface area contributed by atoms with E-state index in [9.17, 15) is 13.9 Å². The molecule has 116 valence electrons. The third-order valence-electron chi connectivity index (χ3n) is 2.89. The molecule has 1 rings (SSSR count). The van der Waals surface area contributed by atoms with Crippen LogP contribution >= 0.6 is 0 Å². The zero-order valence-electron chi connectivity index (χ0n) is 12.1. The van der Waals surface area contributed by atoms with Gasteiger partial charge in [0.15, 0.2) is 0 Å². The number of halogens is 2. The highest BCUT2D eigenvalue weighted by Gasteiger charge is 2.20. The minimum absolute atomic E-state index is 0.0204. The van der Waals surface area contributed by atoms with Crippen LogP contribution in [0.4, 0.5) is 8.78 Å². The number of hydrogen-bond acceptors (Lipinski definition) is 4. The van der Waals surface area contributed by atoms with Gasteiger partial charge in [-0.2, -0.15) is 0 Å². The van der Waals surface area contributed by atoms with Gasteiger partial charge in [-0.1, -0.05) is 5.92 Å². The second kappa shape index (κ2) is 7.36. The van der Waals surface area contributed by atoms with Crippen molar-refractivity contribution in [2.24, 2.45) is 5.73 Å². The maximum Gasteiger partial charge on any atom is 0.129 e. The number of aliphatic hydroxyl groups is 1. The number of benzene rings is 1. The van der Waals surface area contributed by atoms with Gasteiger partial charge < -0.3 is 15.6 Å². The lowest BCUT2D eigenvalue weighted by Gasteiger charge is -2.25. The number of β-amino-alcohol motifs (C(OH)–C–C–N with tert-alkyl or cyclic N) is 1. The third kappa shape index (κ3) is 6.08. The molecular formula is C15H20F2N2O2. The van der Waals surface area contributed by atoms with Crippen molar-refractivity contribution in [2.75, 3.05) is 13.2 Å². The monoisotopic (exact) mass is 298 g/mol. The van der Waals surface area contributed by atoms with Gasteiger partial charge in [0.05, 0.1) is 17.7 Å². The van der Waals surface area contributed by atoms with Crippen LogP contribution in [-0.2, 0) is 0 Å². The van der Waals surface area contributed by atoms with Gasteiger partial charge in [0.25, 0.3) is 0 Å². The van der Waals surface area contributed by atoms with E-state index in [0.29, 0.717) is 0 Å². The van der Waals surface area contributed by atoms with Crippen molar-refractivity contribution >= 4 is 0 Å². The van der Waals surface area contributed by atoms with Crippen LogP contribution in [0.3, 0.4) is 0 Å². The summed E-state index contributed by atoms with van der Waals surface area (Å²) in [5.74, 6) is 1.07. The van der Waals surface area contributed by atoms with Crippen molar-refractivity contribution in [3.63, 3.8) is 0 Å². The van der Waals surface area contributed by atoms with Crippen molar-refractivity contribution in [3.05, 3.63) is 29.8 Å². The summed E-state index contributed by atoms with van der Waals surface area (Å²) in [4.78, 5) is 0. The van der Waals surface area contributed by atoms with E-state index in [1.54, 1.807) is 13.8 Å². The van der Waals surface area contributed by atoms with E-state index < -0.39 is 29.3 Å². The molecule has 0 heterocycles. The first-order chi connectivity index (χ1) is 9.73. The van der Waals surface area contributed by atoms with Crippen LogP contribution in [-0.4, -0.2) is 35.9 Å². The smallest absolute Gasteiger partial charge is 0.129 e. The lowest BCUT2D eigenvalue weighted by molar-refractivity contribution is 0.109. The second-order valence-corrected chi connectivity index (χ2v) is 5.30. The van der Waals surface area contributed by atoms with Gasteiger partial charge in [-0.3, -0.25) is 5.32 Å². The summed E-state index contributed by atoms with van der Waals surface area (Å²) >= 11 is 0. The first-order valence-electron chi connectivity index (χ1n) is 6.49. The third-order valence-corrected chi connectivity index (χ3v) is 2.89. The average Bonchev–Trinajstić information content (AvgIpc) is 2.41. The van der Waals surface area contributed by atoms with E-state index in [1.807, 2.05) is 0 Å². The predicted octanol–water partition coefficient (Wildman–Crippen LogP) is 1.03. The Hall–Kier alpha value is -1.68. The first-order valence-corrected chi connectivity index (χ1v) is 6.49. The quantitative estimate of drug-likeness (QED) is 0.658. The Kier molecular flexibility index (Phi) is 6.09. The molecule has 0 bridgehead atoms. The molecule has 0 aliphatic rings. The number of ether oxygens (including phenoxy) is 1. The number of terminal acetylenes is 1. The molecule has 0 spiro atoms. The van der Waals surface area contributed by atoms with Crippen LogP contribution in [0.1, 0.15) is 13.8 Å². The molecule has 0 saturated carbocycles. The fourth-order valence-corrected chi connectivity index (χ4v) is 1.48. The molecular weight excluding hydrogens is 278 g/mol. The molecule has 0 aliphatic heterocycles. The highest BCUT2D eigenvalue weighted by atomic mass is 19.1. The molecule has 1 aromatic rings. The van der Waals surface area contributed by atoms with Crippen LogP contribution in [0, 0.1) is 24.0 Å². The minimum Gasteiger partial charge on any atom is -0.492 e. The van der Waals surface area contributed by atoms with Gasteiger partial charge in [0, 0.05) is 24.7 Å². The molecule has 0 aliphatic carbocycles. The zero-order valence-corrected chi connectivity index (χ0v) is 12.1. The van der Waals surface area contributed by atoms with Crippen LogP contribution < -0.4 is 15.8 Å². The van der Waals surface area contributed by atoms with E-state index in [4.69, 9.17) is 16.9 Å². The average molecular weight is 298 g/mol. The number of hydrogen-bond donors (Lipinski definition) is 3. The van der Waals surface area contributed by atoms with Gasteiger partial charge in [-0.25, -0.2) is 8.78 Å². The second-order valence-electron chi connectivity index (χ2n) is 5.30. The summed E-state index contributed by atoms with van der Waals surface area (Å²) in [7, 11) is 0. The van der Waals surface area contributed by atoms with Gasteiger partial charge >= 0.3 is 0 Å². The van der Waals surface area contributed by atoms with Crippen molar-refractivity contribution < 1.29 is 18.6 Å². The van der Waals surface area contributed by atoms with Gasteiger partial charge in [0.1, 0.15) is 24.0 Å². The van der Waals surface area contributed by atoms with E-state index in [0.717, 1.165) is 18.2 Å². The van der Waals surface area contributed by atoms with Crippen molar-refractivity contribution in [3.8, 4) is 18.1 Å². The van der Waals surface area contributed by atoms with Crippen LogP contribution in [0.15, 0.2) is 18.2 Å². The number of aliphatic hydroxyl groups excluding tert-OH is 1. The van der Waals surface area contributed by atoms with E-state index in [-0.39, 0.29) is 18.9 Å². The highest BCUT2D eigenvalue weighted by molar-refractivity contribution is 5.23. The van der Waals surface area contributed by atoms with Crippen LogP contribution in [0.5, 0.6) is 5.75 Å². The molecule has 4 nitrogen and oxygen atoms in total. The molecule has 0 saturated heterocycles. The van der Waals surface area contributed by atoms with Crippen molar-refractivity contribution in [1.29, 1.82) is 0 Å². The molecule has 0 fully saturated rings. The SMILES string of the molecule is C#CC(C)(C)NC[C@@H](O)[C@@H](N)COc1cc(F)cc(F)c1. The Morgan fingerprint density at radius 1 is 1.38 bits per heavy atom. The Balaban J connectivity index is 2.46. The highest BCUT2D eigenvalue weighted by Crippen LogP contribution is 2.15. The van der Waals surface area contributed by atoms with Crippen molar-refractivity contribution in [2.45, 2.75) is 31.5 Å². The molecule has 21 heavy (non-hydrogen) atoms. The Morgan fingerprint density at radius 3 is 2.48 bits per heavy atom. The number of nitrogens with one attached hydrogen (secondary N) is 1. The van der Waals surface area contributed by atoms with Gasteiger partial charge in [-0.15, -0.1) is 6.42 Å². The topological polar surface area (TPSA) is 67.5 Å². The van der Waals surface area contributed by atoms with E-state index in [1.165, 1.54) is 0 Å². The molecule has 0 aromatic heterocycles. The molecule has 0 amide bonds. The molecule has 0 unspecified atom stereocenters. The van der Waals surface area contributed by atoms with E-state index in [2.05, 4.69) is 11.2 Å². The molecule has 6 heteroatoms. The molecule has 1 aromatic carbocycles. The Bertz CT molecular complexity index is 495. The summed E-state index contributed by atoms with van der Waals surface area (Å²) in [6.45, 7) is 3.68. The summed E-state index contributed by atoms with van der Waals surface area (Å²) in [6.07, 6.45) is 4.40. The van der Waals surface area contributed by atoms with Crippen LogP contribution in [0.25, 0.3) is 0 Å². The van der Waals surface area contributed by atoms with E-state index >= 15 is 0 Å². The maximum atomic E-state index is 13.0. The summed E-state index contributed by atoms with van der Waals surface area (Å²) < 4.78 is 31.1. The summed E-state index contributed by atoms with van der Waals surface area (Å²) in [5, 5.41) is 12.8. The Morgan fingerprint density at radius 2 is 1.95 bits per heavy atom. The zero-order chi connectivity index (χ0) is 16.0. The Labute approximate surface area is 123 Å². The molecule has 2 atom stereocenters. The molecule has 4 N–H and O–H groups in total. The lowest BCUT2D eigenvalue weighted by Crippen LogP contribution is -2.49. The van der Waals surface area contributed by atoms with Gasteiger partial charge in [-0.05, 0) is 13.8 Å². The standard InChI is InChI=1S/C15H20F2N2O2/c1-4-15(2,3)19-8-14(20)13(18)9-21-12-6-10(16)5-11(17)7-12/h1,5-7,13-14,19-20H,8-9,18H2,2-3H3/t13-,14+/m0/s1. The lowest BCUT2D eigenvalue weighted by atomic mass is 10.1. The molecule has 0 radical (unpaired) electrons. The van der Waals surface area contributed by atoms with Crippen molar-refractivity contribution in [1.82, 2.24) is 5.32 Å². The summed E-state index contributed by atoms with van der Waals surface area (Å²) in [6, 6.07) is 2.11. The number of nitrogens with two attached hydrogens (primary N) is 1.